The Labute approximate surface area is 119 Å². The molecular formula is C14H12N2O5. The molecule has 0 spiro atoms. The number of carboxylic acid groups (broad SMARTS) is 1. The van der Waals surface area contributed by atoms with Crippen molar-refractivity contribution in [2.45, 2.75) is 0 Å². The first-order valence-electron chi connectivity index (χ1n) is 5.96. The number of hydrogen-bond donors (Lipinski definition) is 3. The van der Waals surface area contributed by atoms with Crippen molar-refractivity contribution in [3.05, 3.63) is 42.0 Å². The molecule has 0 unspecified atom stereocenters. The molecule has 108 valence electrons. The molecule has 0 aliphatic heterocycles. The van der Waals surface area contributed by atoms with Crippen molar-refractivity contribution in [1.29, 1.82) is 0 Å². The molecule has 0 atom stereocenters. The maximum Gasteiger partial charge on any atom is 0.339 e. The van der Waals surface area contributed by atoms with Crippen LogP contribution in [0, 0.1) is 0 Å². The molecule has 2 aromatic rings. The SMILES string of the molecule is NC(=O)NC(=O)COc1c(C(=O)O)ccc2ccccc12. The maximum atomic E-state index is 11.4. The summed E-state index contributed by atoms with van der Waals surface area (Å²) in [4.78, 5) is 33.1. The van der Waals surface area contributed by atoms with Gasteiger partial charge in [0.1, 0.15) is 11.3 Å². The second-order valence-corrected chi connectivity index (χ2v) is 4.17. The van der Waals surface area contributed by atoms with Crippen molar-refractivity contribution in [2.75, 3.05) is 6.61 Å². The van der Waals surface area contributed by atoms with Gasteiger partial charge in [0.05, 0.1) is 0 Å². The molecule has 0 saturated heterocycles. The summed E-state index contributed by atoms with van der Waals surface area (Å²) in [6.07, 6.45) is 0. The van der Waals surface area contributed by atoms with E-state index in [4.69, 9.17) is 10.5 Å². The number of ether oxygens (including phenoxy) is 1. The van der Waals surface area contributed by atoms with Crippen LogP contribution in [0.4, 0.5) is 4.79 Å². The fourth-order valence-corrected chi connectivity index (χ4v) is 1.88. The number of urea groups is 1. The normalized spacial score (nSPS) is 10.1. The fourth-order valence-electron chi connectivity index (χ4n) is 1.88. The zero-order valence-electron chi connectivity index (χ0n) is 10.8. The molecule has 0 saturated carbocycles. The van der Waals surface area contributed by atoms with Gasteiger partial charge in [-0.2, -0.15) is 0 Å². The number of rotatable bonds is 4. The van der Waals surface area contributed by atoms with Crippen LogP contribution in [0.2, 0.25) is 0 Å². The number of fused-ring (bicyclic) bond motifs is 1. The number of benzene rings is 2. The first-order valence-corrected chi connectivity index (χ1v) is 5.96. The topological polar surface area (TPSA) is 119 Å². The lowest BCUT2D eigenvalue weighted by atomic mass is 10.1. The van der Waals surface area contributed by atoms with Crippen molar-refractivity contribution in [1.82, 2.24) is 5.32 Å². The number of hydrogen-bond acceptors (Lipinski definition) is 4. The number of nitrogens with two attached hydrogens (primary N) is 1. The van der Waals surface area contributed by atoms with Crippen molar-refractivity contribution in [2.24, 2.45) is 5.73 Å². The zero-order valence-corrected chi connectivity index (χ0v) is 10.8. The van der Waals surface area contributed by atoms with E-state index >= 15 is 0 Å². The summed E-state index contributed by atoms with van der Waals surface area (Å²) < 4.78 is 5.27. The molecule has 2 rings (SSSR count). The first kappa shape index (κ1) is 14.3. The Bertz CT molecular complexity index is 726. The van der Waals surface area contributed by atoms with E-state index in [9.17, 15) is 19.5 Å². The number of amides is 3. The monoisotopic (exact) mass is 288 g/mol. The van der Waals surface area contributed by atoms with Gasteiger partial charge in [0.25, 0.3) is 5.91 Å². The van der Waals surface area contributed by atoms with E-state index in [-0.39, 0.29) is 11.3 Å². The van der Waals surface area contributed by atoms with Crippen LogP contribution in [0.5, 0.6) is 5.75 Å². The third-order valence-corrected chi connectivity index (χ3v) is 2.72. The Morgan fingerprint density at radius 2 is 1.86 bits per heavy atom. The molecule has 0 aliphatic carbocycles. The third-order valence-electron chi connectivity index (χ3n) is 2.72. The first-order chi connectivity index (χ1) is 9.99. The van der Waals surface area contributed by atoms with E-state index in [2.05, 4.69) is 0 Å². The Hall–Kier alpha value is -3.09. The highest BCUT2D eigenvalue weighted by Crippen LogP contribution is 2.29. The molecule has 0 aromatic heterocycles. The van der Waals surface area contributed by atoms with Crippen molar-refractivity contribution in [3.8, 4) is 5.75 Å². The van der Waals surface area contributed by atoms with Crippen LogP contribution in [0.25, 0.3) is 10.8 Å². The number of imide groups is 1. The molecule has 0 fully saturated rings. The Morgan fingerprint density at radius 3 is 2.52 bits per heavy atom. The molecule has 3 amide bonds. The van der Waals surface area contributed by atoms with Gasteiger partial charge in [0, 0.05) is 5.39 Å². The average Bonchev–Trinajstić information content (AvgIpc) is 2.43. The quantitative estimate of drug-likeness (QED) is 0.778. The zero-order chi connectivity index (χ0) is 15.4. The number of nitrogens with one attached hydrogen (secondary N) is 1. The van der Waals surface area contributed by atoms with Gasteiger partial charge < -0.3 is 15.6 Å². The minimum absolute atomic E-state index is 0.0689. The molecule has 0 aliphatic rings. The van der Waals surface area contributed by atoms with E-state index in [0.29, 0.717) is 5.39 Å². The van der Waals surface area contributed by atoms with E-state index in [1.165, 1.54) is 6.07 Å². The lowest BCUT2D eigenvalue weighted by Crippen LogP contribution is -2.38. The van der Waals surface area contributed by atoms with E-state index in [0.717, 1.165) is 5.39 Å². The van der Waals surface area contributed by atoms with Crippen LogP contribution in [0.15, 0.2) is 36.4 Å². The predicted molar refractivity (Wildman–Crippen MR) is 74.1 cm³/mol. The molecular weight excluding hydrogens is 276 g/mol. The van der Waals surface area contributed by atoms with Crippen molar-refractivity contribution >= 4 is 28.7 Å². The lowest BCUT2D eigenvalue weighted by Gasteiger charge is -2.11. The summed E-state index contributed by atoms with van der Waals surface area (Å²) in [6, 6.07) is 9.04. The summed E-state index contributed by atoms with van der Waals surface area (Å²) in [5.41, 5.74) is 4.74. The standard InChI is InChI=1S/C14H12N2O5/c15-14(20)16-11(17)7-21-12-9-4-2-1-3-8(9)5-6-10(12)13(18)19/h1-6H,7H2,(H,18,19)(H3,15,16,17,20). The molecule has 21 heavy (non-hydrogen) atoms. The highest BCUT2D eigenvalue weighted by atomic mass is 16.5. The van der Waals surface area contributed by atoms with Gasteiger partial charge in [0.15, 0.2) is 6.61 Å². The Balaban J connectivity index is 2.35. The van der Waals surface area contributed by atoms with Gasteiger partial charge in [-0.15, -0.1) is 0 Å². The van der Waals surface area contributed by atoms with E-state index < -0.39 is 24.5 Å². The van der Waals surface area contributed by atoms with Crippen LogP contribution < -0.4 is 15.8 Å². The molecule has 7 nitrogen and oxygen atoms in total. The minimum Gasteiger partial charge on any atom is -0.482 e. The summed E-state index contributed by atoms with van der Waals surface area (Å²) in [6.45, 7) is -0.517. The van der Waals surface area contributed by atoms with Gasteiger partial charge >= 0.3 is 12.0 Å². The molecule has 0 radical (unpaired) electrons. The summed E-state index contributed by atoms with van der Waals surface area (Å²) in [5.74, 6) is -1.86. The summed E-state index contributed by atoms with van der Waals surface area (Å²) in [5, 5.41) is 12.3. The average molecular weight is 288 g/mol. The maximum absolute atomic E-state index is 11.4. The third kappa shape index (κ3) is 3.27. The van der Waals surface area contributed by atoms with Crippen molar-refractivity contribution in [3.63, 3.8) is 0 Å². The van der Waals surface area contributed by atoms with E-state index in [1.54, 1.807) is 30.3 Å². The highest BCUT2D eigenvalue weighted by Gasteiger charge is 2.16. The molecule has 0 heterocycles. The molecule has 7 heteroatoms. The number of carboxylic acids is 1. The summed E-state index contributed by atoms with van der Waals surface area (Å²) in [7, 11) is 0. The highest BCUT2D eigenvalue weighted by molar-refractivity contribution is 6.01. The smallest absolute Gasteiger partial charge is 0.339 e. The Kier molecular flexibility index (Phi) is 4.03. The molecule has 0 bridgehead atoms. The van der Waals surface area contributed by atoms with E-state index in [1.807, 2.05) is 5.32 Å². The fraction of sp³-hybridized carbons (Fsp3) is 0.0714. The van der Waals surface area contributed by atoms with Crippen LogP contribution in [-0.2, 0) is 4.79 Å². The van der Waals surface area contributed by atoms with Crippen LogP contribution >= 0.6 is 0 Å². The van der Waals surface area contributed by atoms with Gasteiger partial charge in [-0.3, -0.25) is 10.1 Å². The van der Waals surface area contributed by atoms with Gasteiger partial charge in [-0.05, 0) is 11.5 Å². The number of carbonyl (C=O) groups excluding carboxylic acids is 2. The van der Waals surface area contributed by atoms with Gasteiger partial charge in [-0.25, -0.2) is 9.59 Å². The minimum atomic E-state index is -1.17. The second kappa shape index (κ2) is 5.91. The Morgan fingerprint density at radius 1 is 1.14 bits per heavy atom. The van der Waals surface area contributed by atoms with Crippen LogP contribution in [-0.4, -0.2) is 29.6 Å². The van der Waals surface area contributed by atoms with Gasteiger partial charge in [-0.1, -0.05) is 30.3 Å². The largest absolute Gasteiger partial charge is 0.482 e. The van der Waals surface area contributed by atoms with Gasteiger partial charge in [0.2, 0.25) is 0 Å². The number of primary amides is 1. The van der Waals surface area contributed by atoms with Crippen LogP contribution in [0.1, 0.15) is 10.4 Å². The number of carbonyl (C=O) groups is 3. The summed E-state index contributed by atoms with van der Waals surface area (Å²) >= 11 is 0. The lowest BCUT2D eigenvalue weighted by molar-refractivity contribution is -0.121. The second-order valence-electron chi connectivity index (χ2n) is 4.17. The predicted octanol–water partition coefficient (Wildman–Crippen LogP) is 1.11. The van der Waals surface area contributed by atoms with Crippen molar-refractivity contribution < 1.29 is 24.2 Å². The van der Waals surface area contributed by atoms with Crippen LogP contribution in [0.3, 0.4) is 0 Å². The molecule has 4 N–H and O–H groups in total. The number of aromatic carboxylic acids is 1. The molecule has 2 aromatic carbocycles.